The summed E-state index contributed by atoms with van der Waals surface area (Å²) in [5, 5.41) is 10.3. The SMILES string of the molecule is C=C(C)C(=O)OCCCCCCCCCCCCC[O]. The molecule has 0 rings (SSSR count). The first kappa shape index (κ1) is 19.2. The van der Waals surface area contributed by atoms with Crippen LogP contribution in [0, 0.1) is 0 Å². The zero-order chi connectivity index (χ0) is 15.1. The molecular formula is C17H31O3. The quantitative estimate of drug-likeness (QED) is 0.260. The minimum atomic E-state index is -0.276. The summed E-state index contributed by atoms with van der Waals surface area (Å²) in [6, 6.07) is 0. The Balaban J connectivity index is 3.06. The van der Waals surface area contributed by atoms with Gasteiger partial charge < -0.3 is 4.74 Å². The van der Waals surface area contributed by atoms with E-state index in [2.05, 4.69) is 6.58 Å². The largest absolute Gasteiger partial charge is 0.462 e. The number of hydrogen-bond acceptors (Lipinski definition) is 2. The molecule has 0 saturated heterocycles. The number of esters is 1. The van der Waals surface area contributed by atoms with E-state index < -0.39 is 0 Å². The second-order valence-electron chi connectivity index (χ2n) is 5.51. The van der Waals surface area contributed by atoms with Crippen molar-refractivity contribution in [3.63, 3.8) is 0 Å². The predicted octanol–water partition coefficient (Wildman–Crippen LogP) is 4.83. The van der Waals surface area contributed by atoms with E-state index in [1.807, 2.05) is 0 Å². The van der Waals surface area contributed by atoms with Gasteiger partial charge in [0.1, 0.15) is 0 Å². The van der Waals surface area contributed by atoms with Gasteiger partial charge in [0.15, 0.2) is 0 Å². The van der Waals surface area contributed by atoms with E-state index >= 15 is 0 Å². The highest BCUT2D eigenvalue weighted by Gasteiger charge is 2.01. The molecule has 3 nitrogen and oxygen atoms in total. The number of carbonyl (C=O) groups is 1. The molecule has 0 heterocycles. The molecule has 0 amide bonds. The topological polar surface area (TPSA) is 46.2 Å². The van der Waals surface area contributed by atoms with E-state index in [9.17, 15) is 9.90 Å². The molecule has 0 aliphatic carbocycles. The highest BCUT2D eigenvalue weighted by Crippen LogP contribution is 2.11. The van der Waals surface area contributed by atoms with E-state index in [4.69, 9.17) is 4.74 Å². The van der Waals surface area contributed by atoms with Gasteiger partial charge in [-0.15, -0.1) is 0 Å². The summed E-state index contributed by atoms with van der Waals surface area (Å²) in [6.45, 7) is 5.82. The number of rotatable bonds is 14. The van der Waals surface area contributed by atoms with Crippen LogP contribution in [-0.4, -0.2) is 19.2 Å². The predicted molar refractivity (Wildman–Crippen MR) is 82.1 cm³/mol. The molecule has 0 aliphatic heterocycles. The number of unbranched alkanes of at least 4 members (excludes halogenated alkanes) is 10. The zero-order valence-electron chi connectivity index (χ0n) is 13.1. The molecule has 0 bridgehead atoms. The summed E-state index contributed by atoms with van der Waals surface area (Å²) in [5.41, 5.74) is 0.472. The maximum Gasteiger partial charge on any atom is 0.333 e. The first-order chi connectivity index (χ1) is 9.68. The highest BCUT2D eigenvalue weighted by atomic mass is 16.5. The summed E-state index contributed by atoms with van der Waals surface area (Å²) in [7, 11) is 0. The lowest BCUT2D eigenvalue weighted by molar-refractivity contribution is -0.139. The van der Waals surface area contributed by atoms with Crippen LogP contribution in [-0.2, 0) is 14.6 Å². The Morgan fingerprint density at radius 1 is 0.800 bits per heavy atom. The van der Waals surface area contributed by atoms with Gasteiger partial charge in [0.05, 0.1) is 13.2 Å². The van der Waals surface area contributed by atoms with Gasteiger partial charge in [-0.3, -0.25) is 0 Å². The lowest BCUT2D eigenvalue weighted by atomic mass is 10.1. The minimum Gasteiger partial charge on any atom is -0.462 e. The van der Waals surface area contributed by atoms with E-state index in [0.717, 1.165) is 25.7 Å². The summed E-state index contributed by atoms with van der Waals surface area (Å²) >= 11 is 0. The first-order valence-corrected chi connectivity index (χ1v) is 8.09. The maximum absolute atomic E-state index is 11.1. The van der Waals surface area contributed by atoms with Crippen LogP contribution >= 0.6 is 0 Å². The molecule has 0 spiro atoms. The maximum atomic E-state index is 11.1. The Morgan fingerprint density at radius 2 is 1.20 bits per heavy atom. The smallest absolute Gasteiger partial charge is 0.333 e. The van der Waals surface area contributed by atoms with Crippen LogP contribution < -0.4 is 0 Å². The summed E-state index contributed by atoms with van der Waals surface area (Å²) in [5.74, 6) is -0.276. The lowest BCUT2D eigenvalue weighted by Crippen LogP contribution is -2.05. The van der Waals surface area contributed by atoms with Crippen molar-refractivity contribution in [3.8, 4) is 0 Å². The third-order valence-electron chi connectivity index (χ3n) is 3.37. The summed E-state index contributed by atoms with van der Waals surface area (Å²) in [6.07, 6.45) is 12.9. The number of ether oxygens (including phenoxy) is 1. The van der Waals surface area contributed by atoms with Crippen LogP contribution in [0.4, 0.5) is 0 Å². The van der Waals surface area contributed by atoms with Gasteiger partial charge in [0.2, 0.25) is 0 Å². The van der Waals surface area contributed by atoms with Crippen LogP contribution in [0.25, 0.3) is 0 Å². The van der Waals surface area contributed by atoms with Crippen molar-refractivity contribution in [2.75, 3.05) is 13.2 Å². The van der Waals surface area contributed by atoms with Crippen molar-refractivity contribution in [1.82, 2.24) is 0 Å². The standard InChI is InChI=1S/C17H31O3/c1-16(2)17(19)20-15-13-11-9-7-5-3-4-6-8-10-12-14-18/h1,3-15H2,2H3. The first-order valence-electron chi connectivity index (χ1n) is 8.09. The summed E-state index contributed by atoms with van der Waals surface area (Å²) < 4.78 is 5.03. The number of carbonyl (C=O) groups excluding carboxylic acids is 1. The Bertz CT molecular complexity index is 249. The fraction of sp³-hybridized carbons (Fsp3) is 0.824. The van der Waals surface area contributed by atoms with Gasteiger partial charge >= 0.3 is 5.97 Å². The molecule has 0 aromatic heterocycles. The van der Waals surface area contributed by atoms with E-state index in [-0.39, 0.29) is 12.6 Å². The molecule has 0 aliphatic rings. The van der Waals surface area contributed by atoms with Gasteiger partial charge in [0, 0.05) is 5.57 Å². The van der Waals surface area contributed by atoms with Crippen LogP contribution in [0.1, 0.15) is 77.6 Å². The van der Waals surface area contributed by atoms with Crippen molar-refractivity contribution >= 4 is 5.97 Å². The zero-order valence-corrected chi connectivity index (χ0v) is 13.1. The molecule has 3 heteroatoms. The van der Waals surface area contributed by atoms with Gasteiger partial charge in [-0.2, -0.15) is 0 Å². The Kier molecular flexibility index (Phi) is 14.0. The van der Waals surface area contributed by atoms with Crippen LogP contribution in [0.15, 0.2) is 12.2 Å². The second kappa shape index (κ2) is 14.6. The van der Waals surface area contributed by atoms with E-state index in [1.165, 1.54) is 44.9 Å². The molecule has 0 fully saturated rings. The fourth-order valence-electron chi connectivity index (χ4n) is 2.08. The molecule has 0 saturated carbocycles. The van der Waals surface area contributed by atoms with Crippen molar-refractivity contribution in [2.45, 2.75) is 77.6 Å². The lowest BCUT2D eigenvalue weighted by Gasteiger charge is -2.04. The van der Waals surface area contributed by atoms with E-state index in [0.29, 0.717) is 12.2 Å². The molecule has 0 atom stereocenters. The van der Waals surface area contributed by atoms with Crippen LogP contribution in [0.5, 0.6) is 0 Å². The van der Waals surface area contributed by atoms with Crippen molar-refractivity contribution in [3.05, 3.63) is 12.2 Å². The molecule has 0 aromatic carbocycles. The van der Waals surface area contributed by atoms with Crippen LogP contribution in [0.2, 0.25) is 0 Å². The summed E-state index contributed by atoms with van der Waals surface area (Å²) in [4.78, 5) is 11.1. The Labute approximate surface area is 124 Å². The fourth-order valence-corrected chi connectivity index (χ4v) is 2.08. The average molecular weight is 283 g/mol. The normalized spacial score (nSPS) is 10.5. The van der Waals surface area contributed by atoms with Crippen molar-refractivity contribution < 1.29 is 14.6 Å². The van der Waals surface area contributed by atoms with Gasteiger partial charge in [-0.05, 0) is 19.8 Å². The molecule has 0 N–H and O–H groups in total. The second-order valence-corrected chi connectivity index (χ2v) is 5.51. The minimum absolute atomic E-state index is 0.0850. The Hall–Kier alpha value is -0.830. The van der Waals surface area contributed by atoms with Gasteiger partial charge in [-0.25, -0.2) is 9.90 Å². The number of hydrogen-bond donors (Lipinski definition) is 0. The van der Waals surface area contributed by atoms with Gasteiger partial charge in [-0.1, -0.05) is 64.4 Å². The van der Waals surface area contributed by atoms with Crippen molar-refractivity contribution in [1.29, 1.82) is 0 Å². The molecule has 0 aromatic rings. The van der Waals surface area contributed by atoms with Gasteiger partial charge in [0.25, 0.3) is 0 Å². The molecule has 0 unspecified atom stereocenters. The Morgan fingerprint density at radius 3 is 1.60 bits per heavy atom. The molecular weight excluding hydrogens is 252 g/mol. The van der Waals surface area contributed by atoms with Crippen molar-refractivity contribution in [2.24, 2.45) is 0 Å². The molecule has 1 radical (unpaired) electrons. The third kappa shape index (κ3) is 13.6. The van der Waals surface area contributed by atoms with Crippen LogP contribution in [0.3, 0.4) is 0 Å². The molecule has 117 valence electrons. The highest BCUT2D eigenvalue weighted by molar-refractivity contribution is 5.86. The van der Waals surface area contributed by atoms with E-state index in [1.54, 1.807) is 6.92 Å². The third-order valence-corrected chi connectivity index (χ3v) is 3.37. The monoisotopic (exact) mass is 283 g/mol. The molecule has 20 heavy (non-hydrogen) atoms. The average Bonchev–Trinajstić information content (AvgIpc) is 2.43.